The number of ketones is 1. The van der Waals surface area contributed by atoms with Crippen LogP contribution in [0.4, 0.5) is 0 Å². The number of ether oxygens (including phenoxy) is 1. The smallest absolute Gasteiger partial charge is 0.303 e. The maximum atomic E-state index is 11.4. The van der Waals surface area contributed by atoms with Gasteiger partial charge in [0.1, 0.15) is 6.10 Å². The zero-order chi connectivity index (χ0) is 13.4. The molecule has 0 spiro atoms. The van der Waals surface area contributed by atoms with Crippen LogP contribution in [0, 0.1) is 17.3 Å². The second-order valence-corrected chi connectivity index (χ2v) is 5.71. The Kier molecular flexibility index (Phi) is 3.94. The van der Waals surface area contributed by atoms with E-state index in [9.17, 15) is 14.7 Å². The second kappa shape index (κ2) is 4.74. The Hall–Kier alpha value is -0.940. The molecule has 0 bridgehead atoms. The lowest BCUT2D eigenvalue weighted by molar-refractivity contribution is -0.146. The highest BCUT2D eigenvalue weighted by molar-refractivity contribution is 5.82. The van der Waals surface area contributed by atoms with Crippen LogP contribution in [0.2, 0.25) is 0 Å². The third kappa shape index (κ3) is 3.04. The highest BCUT2D eigenvalue weighted by atomic mass is 16.6. The van der Waals surface area contributed by atoms with Crippen molar-refractivity contribution in [2.24, 2.45) is 17.3 Å². The van der Waals surface area contributed by atoms with Crippen LogP contribution in [-0.4, -0.2) is 34.4 Å². The Morgan fingerprint density at radius 1 is 1.29 bits per heavy atom. The summed E-state index contributed by atoms with van der Waals surface area (Å²) in [6.07, 6.45) is -2.05. The van der Waals surface area contributed by atoms with Gasteiger partial charge in [-0.2, -0.15) is 0 Å². The van der Waals surface area contributed by atoms with Crippen LogP contribution in [-0.2, 0) is 14.3 Å². The van der Waals surface area contributed by atoms with E-state index in [-0.39, 0.29) is 23.5 Å². The minimum atomic E-state index is -1.08. The number of aliphatic carboxylic acids is 1. The molecule has 0 aromatic heterocycles. The second-order valence-electron chi connectivity index (χ2n) is 5.71. The van der Waals surface area contributed by atoms with Crippen LogP contribution in [0.3, 0.4) is 0 Å². The first-order valence-corrected chi connectivity index (χ1v) is 5.70. The van der Waals surface area contributed by atoms with E-state index in [1.807, 2.05) is 20.8 Å². The van der Waals surface area contributed by atoms with E-state index in [1.54, 1.807) is 0 Å². The standard InChI is InChI=1S/C12H20O5/c1-6(13)10-7(5-8(14)15)9(11(16)17-10)12(2,3)4/h7,9-11,16H,5H2,1-4H3,(H,14,15)/t7-,9+,10+,11?/m1/s1. The zero-order valence-electron chi connectivity index (χ0n) is 10.6. The Labute approximate surface area is 101 Å². The minimum Gasteiger partial charge on any atom is -0.481 e. The van der Waals surface area contributed by atoms with Crippen molar-refractivity contribution in [3.63, 3.8) is 0 Å². The third-order valence-corrected chi connectivity index (χ3v) is 3.25. The van der Waals surface area contributed by atoms with Crippen LogP contribution in [0.1, 0.15) is 34.1 Å². The number of aliphatic hydroxyl groups excluding tert-OH is 1. The van der Waals surface area contributed by atoms with Crippen LogP contribution in [0.15, 0.2) is 0 Å². The van der Waals surface area contributed by atoms with Crippen molar-refractivity contribution >= 4 is 11.8 Å². The Balaban J connectivity index is 3.01. The van der Waals surface area contributed by atoms with Crippen molar-refractivity contribution in [1.82, 2.24) is 0 Å². The van der Waals surface area contributed by atoms with Gasteiger partial charge in [0.05, 0.1) is 6.42 Å². The molecule has 0 aromatic rings. The summed E-state index contributed by atoms with van der Waals surface area (Å²) in [5.74, 6) is -2.04. The number of aliphatic hydroxyl groups is 1. The summed E-state index contributed by atoms with van der Waals surface area (Å²) in [4.78, 5) is 22.3. The van der Waals surface area contributed by atoms with Gasteiger partial charge in [-0.05, 0) is 12.3 Å². The normalized spacial score (nSPS) is 33.7. The highest BCUT2D eigenvalue weighted by Gasteiger charge is 2.51. The number of carboxylic acids is 1. The molecular formula is C12H20O5. The third-order valence-electron chi connectivity index (χ3n) is 3.25. The average molecular weight is 244 g/mol. The van der Waals surface area contributed by atoms with Crippen molar-refractivity contribution in [2.75, 3.05) is 0 Å². The van der Waals surface area contributed by atoms with Gasteiger partial charge in [-0.15, -0.1) is 0 Å². The first-order valence-electron chi connectivity index (χ1n) is 5.70. The SMILES string of the molecule is CC(=O)[C@@H]1OC(O)[C@@H](C(C)(C)C)[C@H]1CC(=O)O. The lowest BCUT2D eigenvalue weighted by Crippen LogP contribution is -2.36. The van der Waals surface area contributed by atoms with Gasteiger partial charge in [0.25, 0.3) is 0 Å². The van der Waals surface area contributed by atoms with E-state index in [1.165, 1.54) is 6.92 Å². The van der Waals surface area contributed by atoms with Gasteiger partial charge in [0.2, 0.25) is 0 Å². The predicted molar refractivity (Wildman–Crippen MR) is 60.2 cm³/mol. The van der Waals surface area contributed by atoms with Gasteiger partial charge in [-0.25, -0.2) is 0 Å². The van der Waals surface area contributed by atoms with E-state index in [0.29, 0.717) is 0 Å². The van der Waals surface area contributed by atoms with Gasteiger partial charge in [-0.1, -0.05) is 20.8 Å². The average Bonchev–Trinajstić information content (AvgIpc) is 2.40. The van der Waals surface area contributed by atoms with Gasteiger partial charge in [0.15, 0.2) is 12.1 Å². The lowest BCUT2D eigenvalue weighted by Gasteiger charge is -2.32. The summed E-state index contributed by atoms with van der Waals surface area (Å²) < 4.78 is 5.22. The fourth-order valence-electron chi connectivity index (χ4n) is 2.64. The molecule has 1 heterocycles. The number of hydrogen-bond donors (Lipinski definition) is 2. The van der Waals surface area contributed by atoms with E-state index >= 15 is 0 Å². The summed E-state index contributed by atoms with van der Waals surface area (Å²) in [6.45, 7) is 7.07. The maximum absolute atomic E-state index is 11.4. The molecule has 0 saturated carbocycles. The summed E-state index contributed by atoms with van der Waals surface area (Å²) in [5, 5.41) is 18.8. The number of carbonyl (C=O) groups excluding carboxylic acids is 1. The molecule has 2 N–H and O–H groups in total. The molecule has 0 radical (unpaired) electrons. The monoisotopic (exact) mass is 244 g/mol. The molecule has 1 aliphatic heterocycles. The molecule has 1 rings (SSSR count). The molecule has 1 saturated heterocycles. The van der Waals surface area contributed by atoms with Crippen molar-refractivity contribution < 1.29 is 24.5 Å². The summed E-state index contributed by atoms with van der Waals surface area (Å²) >= 11 is 0. The van der Waals surface area contributed by atoms with Crippen LogP contribution >= 0.6 is 0 Å². The van der Waals surface area contributed by atoms with Gasteiger partial charge >= 0.3 is 5.97 Å². The van der Waals surface area contributed by atoms with Crippen molar-refractivity contribution in [3.8, 4) is 0 Å². The number of carboxylic acid groups (broad SMARTS) is 1. The minimum absolute atomic E-state index is 0.163. The first kappa shape index (κ1) is 14.1. The lowest BCUT2D eigenvalue weighted by atomic mass is 9.71. The van der Waals surface area contributed by atoms with E-state index in [2.05, 4.69) is 0 Å². The molecule has 4 atom stereocenters. The fourth-order valence-corrected chi connectivity index (χ4v) is 2.64. The fraction of sp³-hybridized carbons (Fsp3) is 0.833. The topological polar surface area (TPSA) is 83.8 Å². The molecule has 5 heteroatoms. The Morgan fingerprint density at radius 3 is 2.18 bits per heavy atom. The number of hydrogen-bond acceptors (Lipinski definition) is 4. The largest absolute Gasteiger partial charge is 0.481 e. The van der Waals surface area contributed by atoms with Crippen molar-refractivity contribution in [1.29, 1.82) is 0 Å². The van der Waals surface area contributed by atoms with Gasteiger partial charge in [0, 0.05) is 11.8 Å². The van der Waals surface area contributed by atoms with E-state index in [0.717, 1.165) is 0 Å². The molecule has 1 aliphatic rings. The van der Waals surface area contributed by atoms with Crippen LogP contribution in [0.25, 0.3) is 0 Å². The summed E-state index contributed by atoms with van der Waals surface area (Å²) in [6, 6.07) is 0. The predicted octanol–water partition coefficient (Wildman–Crippen LogP) is 1.05. The molecule has 1 fully saturated rings. The Morgan fingerprint density at radius 2 is 1.82 bits per heavy atom. The van der Waals surface area contributed by atoms with Crippen LogP contribution < -0.4 is 0 Å². The molecule has 17 heavy (non-hydrogen) atoms. The highest BCUT2D eigenvalue weighted by Crippen LogP contribution is 2.44. The summed E-state index contributed by atoms with van der Waals surface area (Å²) in [5.41, 5.74) is -0.316. The Bertz CT molecular complexity index is 317. The van der Waals surface area contributed by atoms with Crippen molar-refractivity contribution in [2.45, 2.75) is 46.5 Å². The molecule has 0 aliphatic carbocycles. The van der Waals surface area contributed by atoms with E-state index < -0.39 is 24.3 Å². The number of carbonyl (C=O) groups is 2. The molecule has 5 nitrogen and oxygen atoms in total. The molecular weight excluding hydrogens is 224 g/mol. The molecule has 1 unspecified atom stereocenters. The molecule has 0 amide bonds. The van der Waals surface area contributed by atoms with Crippen LogP contribution in [0.5, 0.6) is 0 Å². The number of rotatable bonds is 3. The van der Waals surface area contributed by atoms with E-state index in [4.69, 9.17) is 9.84 Å². The molecule has 98 valence electrons. The van der Waals surface area contributed by atoms with Gasteiger partial charge < -0.3 is 14.9 Å². The zero-order valence-corrected chi connectivity index (χ0v) is 10.6. The number of Topliss-reactive ketones (excluding diaryl/α,β-unsaturated/α-hetero) is 1. The van der Waals surface area contributed by atoms with Gasteiger partial charge in [-0.3, -0.25) is 9.59 Å². The van der Waals surface area contributed by atoms with Crippen molar-refractivity contribution in [3.05, 3.63) is 0 Å². The maximum Gasteiger partial charge on any atom is 0.303 e. The first-order chi connectivity index (χ1) is 7.64. The summed E-state index contributed by atoms with van der Waals surface area (Å²) in [7, 11) is 0. The quantitative estimate of drug-likeness (QED) is 0.775. The molecule has 0 aromatic carbocycles.